The summed E-state index contributed by atoms with van der Waals surface area (Å²) < 4.78 is 0. The number of hydrogen-bond donors (Lipinski definition) is 1. The van der Waals surface area contributed by atoms with Crippen LogP contribution in [0.3, 0.4) is 0 Å². The Morgan fingerprint density at radius 1 is 1.05 bits per heavy atom. The molecule has 0 aliphatic heterocycles. The van der Waals surface area contributed by atoms with Gasteiger partial charge in [-0.1, -0.05) is 13.8 Å². The van der Waals surface area contributed by atoms with Crippen LogP contribution < -0.4 is 0 Å². The maximum absolute atomic E-state index is 12.4. The molecule has 4 rings (SSSR count). The Balaban J connectivity index is 1.67. The van der Waals surface area contributed by atoms with Gasteiger partial charge in [0.15, 0.2) is 0 Å². The van der Waals surface area contributed by atoms with E-state index in [9.17, 15) is 9.90 Å². The molecule has 6 atom stereocenters. The quantitative estimate of drug-likeness (QED) is 0.704. The molecule has 3 fully saturated rings. The first-order valence-electron chi connectivity index (χ1n) is 8.88. The fraction of sp³-hybridized carbons (Fsp3) is 0.842. The molecule has 0 amide bonds. The number of ketones is 1. The molecule has 2 heteroatoms. The number of rotatable bonds is 0. The number of carbonyl (C=O) groups is 1. The number of carbonyl (C=O) groups excluding carboxylic acids is 1. The smallest absolute Gasteiger partial charge is 0.139 e. The maximum atomic E-state index is 12.4. The number of aliphatic hydroxyl groups is 1. The highest BCUT2D eigenvalue weighted by Gasteiger charge is 2.59. The minimum Gasteiger partial charge on any atom is -0.513 e. The lowest BCUT2D eigenvalue weighted by Crippen LogP contribution is -2.52. The normalized spacial score (nSPS) is 52.7. The van der Waals surface area contributed by atoms with E-state index < -0.39 is 0 Å². The summed E-state index contributed by atoms with van der Waals surface area (Å²) in [5, 5.41) is 9.90. The second-order valence-corrected chi connectivity index (χ2v) is 8.64. The number of fused-ring (bicyclic) bond motifs is 5. The number of hydrogen-bond acceptors (Lipinski definition) is 2. The zero-order valence-corrected chi connectivity index (χ0v) is 13.4. The lowest BCUT2D eigenvalue weighted by atomic mass is 9.46. The van der Waals surface area contributed by atoms with Gasteiger partial charge in [0.2, 0.25) is 0 Å². The van der Waals surface area contributed by atoms with Crippen LogP contribution in [0.1, 0.15) is 65.2 Å². The van der Waals surface area contributed by atoms with Crippen molar-refractivity contribution in [1.29, 1.82) is 0 Å². The zero-order chi connectivity index (χ0) is 14.8. The molecule has 0 spiro atoms. The summed E-state index contributed by atoms with van der Waals surface area (Å²) in [5.74, 6) is 3.89. The van der Waals surface area contributed by atoms with E-state index in [0.717, 1.165) is 43.9 Å². The molecule has 1 unspecified atom stereocenters. The Morgan fingerprint density at radius 3 is 2.67 bits per heavy atom. The molecule has 0 saturated heterocycles. The van der Waals surface area contributed by atoms with Crippen LogP contribution in [0.15, 0.2) is 11.8 Å². The predicted molar refractivity (Wildman–Crippen MR) is 82.8 cm³/mol. The topological polar surface area (TPSA) is 37.3 Å². The van der Waals surface area contributed by atoms with Crippen molar-refractivity contribution in [2.24, 2.45) is 34.5 Å². The molecule has 0 bridgehead atoms. The van der Waals surface area contributed by atoms with Crippen molar-refractivity contribution >= 4 is 5.78 Å². The molecular weight excluding hydrogens is 260 g/mol. The lowest BCUT2D eigenvalue weighted by Gasteiger charge is -2.58. The summed E-state index contributed by atoms with van der Waals surface area (Å²) in [6, 6.07) is 0. The average Bonchev–Trinajstić information content (AvgIpc) is 2.76. The van der Waals surface area contributed by atoms with Crippen LogP contribution in [-0.2, 0) is 4.79 Å². The van der Waals surface area contributed by atoms with Crippen molar-refractivity contribution in [3.8, 4) is 0 Å². The van der Waals surface area contributed by atoms with Crippen molar-refractivity contribution in [2.75, 3.05) is 0 Å². The Kier molecular flexibility index (Phi) is 2.88. The van der Waals surface area contributed by atoms with Gasteiger partial charge in [-0.05, 0) is 73.7 Å². The molecular formula is C19H28O2. The largest absolute Gasteiger partial charge is 0.513 e. The van der Waals surface area contributed by atoms with E-state index in [1.165, 1.54) is 19.3 Å². The lowest BCUT2D eigenvalue weighted by molar-refractivity contribution is -0.135. The minimum atomic E-state index is -0.00297. The summed E-state index contributed by atoms with van der Waals surface area (Å²) in [7, 11) is 0. The molecule has 0 radical (unpaired) electrons. The molecule has 0 aromatic heterocycles. The minimum absolute atomic E-state index is 0.00297. The van der Waals surface area contributed by atoms with E-state index >= 15 is 0 Å². The van der Waals surface area contributed by atoms with Crippen LogP contribution in [0.2, 0.25) is 0 Å². The Morgan fingerprint density at radius 2 is 1.86 bits per heavy atom. The van der Waals surface area contributed by atoms with Gasteiger partial charge in [0.1, 0.15) is 5.78 Å². The molecule has 0 aromatic rings. The monoisotopic (exact) mass is 288 g/mol. The van der Waals surface area contributed by atoms with E-state index in [4.69, 9.17) is 0 Å². The third-order valence-electron chi connectivity index (χ3n) is 7.96. The highest BCUT2D eigenvalue weighted by atomic mass is 16.3. The molecule has 0 heterocycles. The standard InChI is InChI=1S/C19H28O2/c1-18-9-7-13(20)11-12(18)3-4-14-15-5-6-17(21)19(15,2)10-8-16(14)18/h11-12,14-16,20H,3-10H2,1-2H3/t12?,14-,15-,16+,18-,19-/m0/s1. The van der Waals surface area contributed by atoms with Crippen molar-refractivity contribution in [2.45, 2.75) is 65.2 Å². The number of Topliss-reactive ketones (excluding diaryl/α,β-unsaturated/α-hetero) is 1. The van der Waals surface area contributed by atoms with Crippen molar-refractivity contribution < 1.29 is 9.90 Å². The van der Waals surface area contributed by atoms with Crippen LogP contribution >= 0.6 is 0 Å². The molecule has 1 N–H and O–H groups in total. The molecule has 4 aliphatic carbocycles. The van der Waals surface area contributed by atoms with E-state index in [-0.39, 0.29) is 5.41 Å². The molecule has 3 saturated carbocycles. The molecule has 21 heavy (non-hydrogen) atoms. The van der Waals surface area contributed by atoms with Crippen LogP contribution in [-0.4, -0.2) is 10.9 Å². The second kappa shape index (κ2) is 4.36. The molecule has 116 valence electrons. The predicted octanol–water partition coefficient (Wildman–Crippen LogP) is 4.65. The highest BCUT2D eigenvalue weighted by molar-refractivity contribution is 5.87. The van der Waals surface area contributed by atoms with E-state index in [0.29, 0.717) is 28.8 Å². The summed E-state index contributed by atoms with van der Waals surface area (Å²) >= 11 is 0. The van der Waals surface area contributed by atoms with Crippen LogP contribution in [0.5, 0.6) is 0 Å². The fourth-order valence-electron chi connectivity index (χ4n) is 6.61. The van der Waals surface area contributed by atoms with Crippen molar-refractivity contribution in [3.05, 3.63) is 11.8 Å². The average molecular weight is 288 g/mol. The van der Waals surface area contributed by atoms with Crippen molar-refractivity contribution in [1.82, 2.24) is 0 Å². The van der Waals surface area contributed by atoms with Gasteiger partial charge in [0.25, 0.3) is 0 Å². The van der Waals surface area contributed by atoms with Gasteiger partial charge in [-0.15, -0.1) is 0 Å². The summed E-state index contributed by atoms with van der Waals surface area (Å²) in [6.07, 6.45) is 10.9. The number of aliphatic hydroxyl groups excluding tert-OH is 1. The van der Waals surface area contributed by atoms with Gasteiger partial charge in [-0.3, -0.25) is 4.79 Å². The number of allylic oxidation sites excluding steroid dienone is 2. The maximum Gasteiger partial charge on any atom is 0.139 e. The first kappa shape index (κ1) is 13.8. The Bertz CT molecular complexity index is 508. The SMILES string of the molecule is C[C@]12CCC(O)=CC1CC[C@@H]1[C@H]2CC[C@]2(C)C(=O)CC[C@@H]12. The van der Waals surface area contributed by atoms with Gasteiger partial charge in [0, 0.05) is 18.3 Å². The highest BCUT2D eigenvalue weighted by Crippen LogP contribution is 2.64. The third-order valence-corrected chi connectivity index (χ3v) is 7.96. The van der Waals surface area contributed by atoms with Gasteiger partial charge in [-0.2, -0.15) is 0 Å². The summed E-state index contributed by atoms with van der Waals surface area (Å²) in [6.45, 7) is 4.72. The van der Waals surface area contributed by atoms with Crippen LogP contribution in [0, 0.1) is 34.5 Å². The second-order valence-electron chi connectivity index (χ2n) is 8.64. The molecule has 2 nitrogen and oxygen atoms in total. The van der Waals surface area contributed by atoms with Gasteiger partial charge < -0.3 is 5.11 Å². The van der Waals surface area contributed by atoms with E-state index in [1.807, 2.05) is 0 Å². The van der Waals surface area contributed by atoms with E-state index in [2.05, 4.69) is 19.9 Å². The first-order chi connectivity index (χ1) is 9.95. The van der Waals surface area contributed by atoms with Gasteiger partial charge in [-0.25, -0.2) is 0 Å². The summed E-state index contributed by atoms with van der Waals surface area (Å²) in [4.78, 5) is 12.4. The Labute approximate surface area is 128 Å². The van der Waals surface area contributed by atoms with Crippen LogP contribution in [0.25, 0.3) is 0 Å². The van der Waals surface area contributed by atoms with Gasteiger partial charge in [0.05, 0.1) is 5.76 Å². The summed E-state index contributed by atoms with van der Waals surface area (Å²) in [5.41, 5.74) is 0.360. The van der Waals surface area contributed by atoms with Gasteiger partial charge >= 0.3 is 0 Å². The van der Waals surface area contributed by atoms with Crippen LogP contribution in [0.4, 0.5) is 0 Å². The zero-order valence-electron chi connectivity index (χ0n) is 13.4. The third kappa shape index (κ3) is 1.74. The Hall–Kier alpha value is -0.790. The fourth-order valence-corrected chi connectivity index (χ4v) is 6.61. The first-order valence-corrected chi connectivity index (χ1v) is 8.88. The van der Waals surface area contributed by atoms with Crippen molar-refractivity contribution in [3.63, 3.8) is 0 Å². The molecule has 4 aliphatic rings. The van der Waals surface area contributed by atoms with E-state index in [1.54, 1.807) is 0 Å². The molecule has 0 aromatic carbocycles.